The summed E-state index contributed by atoms with van der Waals surface area (Å²) < 4.78 is 9.16. The molecule has 0 amide bonds. The summed E-state index contributed by atoms with van der Waals surface area (Å²) in [6.07, 6.45) is 0. The average Bonchev–Trinajstić information content (AvgIpc) is 3.58. The molecule has 0 saturated heterocycles. The average molecular weight is 577 g/mol. The van der Waals surface area contributed by atoms with E-state index in [1.807, 2.05) is 6.07 Å². The lowest BCUT2D eigenvalue weighted by molar-refractivity contribution is 0.586. The second kappa shape index (κ2) is 10.5. The minimum Gasteiger partial charge on any atom is -0.455 e. The van der Waals surface area contributed by atoms with Crippen molar-refractivity contribution in [3.8, 4) is 28.2 Å². The lowest BCUT2D eigenvalue weighted by Crippen LogP contribution is -2.16. The van der Waals surface area contributed by atoms with Gasteiger partial charge in [-0.25, -0.2) is 4.98 Å². The van der Waals surface area contributed by atoms with Gasteiger partial charge in [0.15, 0.2) is 0 Å². The van der Waals surface area contributed by atoms with E-state index < -0.39 is 0 Å². The van der Waals surface area contributed by atoms with Crippen LogP contribution in [-0.2, 0) is 5.41 Å². The van der Waals surface area contributed by atoms with Gasteiger partial charge in [0.05, 0.1) is 22.3 Å². The van der Waals surface area contributed by atoms with Crippen LogP contribution in [0.15, 0.2) is 108 Å². The fraction of sp³-hybridized carbons (Fsp3) is 0.244. The van der Waals surface area contributed by atoms with E-state index in [-0.39, 0.29) is 5.41 Å². The van der Waals surface area contributed by atoms with E-state index in [2.05, 4.69) is 150 Å². The maximum atomic E-state index is 6.75. The summed E-state index contributed by atoms with van der Waals surface area (Å²) in [6.45, 7) is 16.1. The van der Waals surface area contributed by atoms with Gasteiger partial charge in [-0.1, -0.05) is 121 Å². The first kappa shape index (κ1) is 28.2. The van der Waals surface area contributed by atoms with Crippen molar-refractivity contribution in [2.75, 3.05) is 0 Å². The van der Waals surface area contributed by atoms with E-state index in [1.165, 1.54) is 27.9 Å². The van der Waals surface area contributed by atoms with Crippen LogP contribution in [0.4, 0.5) is 0 Å². The van der Waals surface area contributed by atoms with E-state index in [9.17, 15) is 0 Å². The molecular formula is C41H40N2O. The van der Waals surface area contributed by atoms with E-state index in [0.29, 0.717) is 11.8 Å². The third-order valence-electron chi connectivity index (χ3n) is 8.91. The first-order chi connectivity index (χ1) is 21.1. The van der Waals surface area contributed by atoms with Crippen molar-refractivity contribution in [1.82, 2.24) is 9.55 Å². The zero-order valence-corrected chi connectivity index (χ0v) is 26.8. The Morgan fingerprint density at radius 3 is 2.02 bits per heavy atom. The molecule has 0 radical (unpaired) electrons. The number of imidazole rings is 1. The highest BCUT2D eigenvalue weighted by Crippen LogP contribution is 2.43. The zero-order chi connectivity index (χ0) is 30.7. The number of fused-ring (bicyclic) bond motifs is 4. The third-order valence-corrected chi connectivity index (χ3v) is 8.91. The molecule has 0 saturated carbocycles. The predicted molar refractivity (Wildman–Crippen MR) is 186 cm³/mol. The summed E-state index contributed by atoms with van der Waals surface area (Å²) in [5.41, 5.74) is 12.5. The minimum absolute atomic E-state index is 0.0458. The van der Waals surface area contributed by atoms with Crippen LogP contribution in [0.3, 0.4) is 0 Å². The molecule has 0 aliphatic heterocycles. The molecule has 0 N–H and O–H groups in total. The molecular weight excluding hydrogens is 536 g/mol. The summed E-state index contributed by atoms with van der Waals surface area (Å²) in [6, 6.07) is 36.8. The molecule has 0 bridgehead atoms. The molecule has 0 aliphatic carbocycles. The Balaban J connectivity index is 1.54. The number of benzene rings is 5. The van der Waals surface area contributed by atoms with Gasteiger partial charge in [-0.2, -0.15) is 0 Å². The number of hydrogen-bond acceptors (Lipinski definition) is 2. The van der Waals surface area contributed by atoms with Crippen molar-refractivity contribution >= 4 is 33.0 Å². The van der Waals surface area contributed by atoms with E-state index in [1.54, 1.807) is 0 Å². The van der Waals surface area contributed by atoms with Gasteiger partial charge in [0.1, 0.15) is 17.0 Å². The van der Waals surface area contributed by atoms with Crippen LogP contribution in [0.2, 0.25) is 0 Å². The van der Waals surface area contributed by atoms with Crippen LogP contribution >= 0.6 is 0 Å². The summed E-state index contributed by atoms with van der Waals surface area (Å²) in [4.78, 5) is 5.32. The lowest BCUT2D eigenvalue weighted by atomic mass is 9.81. The molecule has 0 fully saturated rings. The van der Waals surface area contributed by atoms with Crippen molar-refractivity contribution in [3.63, 3.8) is 0 Å². The molecule has 0 spiro atoms. The second-order valence-corrected chi connectivity index (χ2v) is 13.7. The van der Waals surface area contributed by atoms with Gasteiger partial charge in [0, 0.05) is 10.8 Å². The lowest BCUT2D eigenvalue weighted by Gasteiger charge is -2.28. The monoisotopic (exact) mass is 576 g/mol. The predicted octanol–water partition coefficient (Wildman–Crippen LogP) is 11.8. The van der Waals surface area contributed by atoms with Crippen molar-refractivity contribution in [2.24, 2.45) is 0 Å². The van der Waals surface area contributed by atoms with E-state index >= 15 is 0 Å². The number of furan rings is 1. The fourth-order valence-electron chi connectivity index (χ4n) is 6.47. The Morgan fingerprint density at radius 1 is 0.659 bits per heavy atom. The fourth-order valence-corrected chi connectivity index (χ4v) is 6.47. The van der Waals surface area contributed by atoms with Gasteiger partial charge >= 0.3 is 0 Å². The molecule has 2 aromatic heterocycles. The molecule has 5 aromatic carbocycles. The highest BCUT2D eigenvalue weighted by Gasteiger charge is 2.27. The van der Waals surface area contributed by atoms with Crippen molar-refractivity contribution in [3.05, 3.63) is 120 Å². The standard InChI is InChI=1S/C41H40N2O/c1-25(2)33-23-29(41(5,6)7)24-34(26(3)4)38(33)43-36-19-12-11-18-35(36)42-40(43)32-17-13-16-31-30-21-20-28(22-37(30)44-39(31)32)27-14-9-8-10-15-27/h8-26H,1-7H3. The number of para-hydroxylation sites is 3. The molecule has 0 aliphatic rings. The minimum atomic E-state index is 0.0458. The van der Waals surface area contributed by atoms with Gasteiger partial charge in [-0.15, -0.1) is 0 Å². The van der Waals surface area contributed by atoms with Crippen molar-refractivity contribution in [1.29, 1.82) is 0 Å². The molecule has 0 unspecified atom stereocenters. The summed E-state index contributed by atoms with van der Waals surface area (Å²) in [5.74, 6) is 1.57. The normalized spacial score (nSPS) is 12.4. The highest BCUT2D eigenvalue weighted by atomic mass is 16.3. The topological polar surface area (TPSA) is 31.0 Å². The maximum Gasteiger partial charge on any atom is 0.149 e. The van der Waals surface area contributed by atoms with Gasteiger partial charge in [-0.3, -0.25) is 4.57 Å². The molecule has 0 atom stereocenters. The Bertz CT molecular complexity index is 2120. The van der Waals surface area contributed by atoms with Crippen LogP contribution in [0, 0.1) is 0 Å². The van der Waals surface area contributed by atoms with Gasteiger partial charge < -0.3 is 4.42 Å². The summed E-state index contributed by atoms with van der Waals surface area (Å²) >= 11 is 0. The second-order valence-electron chi connectivity index (χ2n) is 13.7. The summed E-state index contributed by atoms with van der Waals surface area (Å²) in [7, 11) is 0. The van der Waals surface area contributed by atoms with Crippen LogP contribution in [0.5, 0.6) is 0 Å². The van der Waals surface area contributed by atoms with Gasteiger partial charge in [-0.05, 0) is 75.4 Å². The summed E-state index contributed by atoms with van der Waals surface area (Å²) in [5, 5.41) is 2.22. The third kappa shape index (κ3) is 4.63. The number of hydrogen-bond donors (Lipinski definition) is 0. The van der Waals surface area contributed by atoms with Crippen LogP contribution in [0.25, 0.3) is 61.2 Å². The number of rotatable bonds is 5. The molecule has 44 heavy (non-hydrogen) atoms. The van der Waals surface area contributed by atoms with Gasteiger partial charge in [0.25, 0.3) is 0 Å². The van der Waals surface area contributed by atoms with E-state index in [0.717, 1.165) is 49.9 Å². The highest BCUT2D eigenvalue weighted by molar-refractivity contribution is 6.10. The number of aromatic nitrogens is 2. The van der Waals surface area contributed by atoms with E-state index in [4.69, 9.17) is 9.40 Å². The quantitative estimate of drug-likeness (QED) is 0.204. The Morgan fingerprint density at radius 2 is 1.34 bits per heavy atom. The first-order valence-corrected chi connectivity index (χ1v) is 15.8. The Kier molecular flexibility index (Phi) is 6.73. The Hall–Kier alpha value is -4.63. The zero-order valence-electron chi connectivity index (χ0n) is 26.8. The molecule has 7 aromatic rings. The largest absolute Gasteiger partial charge is 0.455 e. The molecule has 3 nitrogen and oxygen atoms in total. The first-order valence-electron chi connectivity index (χ1n) is 15.8. The van der Waals surface area contributed by atoms with Crippen LogP contribution in [-0.4, -0.2) is 9.55 Å². The molecule has 7 rings (SSSR count). The number of nitrogens with zero attached hydrogens (tertiary/aromatic N) is 2. The van der Waals surface area contributed by atoms with Crippen LogP contribution < -0.4 is 0 Å². The molecule has 2 heterocycles. The smallest absolute Gasteiger partial charge is 0.149 e. The molecule has 3 heteroatoms. The van der Waals surface area contributed by atoms with Crippen LogP contribution in [0.1, 0.15) is 77.0 Å². The van der Waals surface area contributed by atoms with Crippen molar-refractivity contribution < 1.29 is 4.42 Å². The molecule has 220 valence electrons. The Labute approximate surface area is 260 Å². The van der Waals surface area contributed by atoms with Crippen molar-refractivity contribution in [2.45, 2.75) is 65.7 Å². The maximum absolute atomic E-state index is 6.75. The van der Waals surface area contributed by atoms with Gasteiger partial charge in [0.2, 0.25) is 0 Å². The SMILES string of the molecule is CC(C)c1cc(C(C)(C)C)cc(C(C)C)c1-n1c(-c2cccc3c2oc2cc(-c4ccccc4)ccc23)nc2ccccc21.